The molecule has 1 aromatic heterocycles. The van der Waals surface area contributed by atoms with Gasteiger partial charge in [-0.2, -0.15) is 5.26 Å². The number of para-hydroxylation sites is 1. The van der Waals surface area contributed by atoms with E-state index in [-0.39, 0.29) is 0 Å². The average molecular weight is 260 g/mol. The van der Waals surface area contributed by atoms with Crippen LogP contribution in [0.4, 0.5) is 0 Å². The minimum atomic E-state index is 0.434. The monoisotopic (exact) mass is 260 g/mol. The van der Waals surface area contributed by atoms with Crippen molar-refractivity contribution in [3.63, 3.8) is 0 Å². The van der Waals surface area contributed by atoms with Gasteiger partial charge in [-0.05, 0) is 11.6 Å². The van der Waals surface area contributed by atoms with Gasteiger partial charge in [-0.25, -0.2) is 0 Å². The molecule has 3 nitrogen and oxygen atoms in total. The SMILES string of the molecule is N#C/C(=C(/N)c1coc2ccccc12)c1ccccc1. The van der Waals surface area contributed by atoms with Crippen molar-refractivity contribution in [3.05, 3.63) is 72.0 Å². The zero-order valence-corrected chi connectivity index (χ0v) is 10.7. The first-order chi connectivity index (χ1) is 9.81. The van der Waals surface area contributed by atoms with Gasteiger partial charge in [0, 0.05) is 10.9 Å². The molecule has 2 aromatic carbocycles. The van der Waals surface area contributed by atoms with Crippen molar-refractivity contribution in [2.75, 3.05) is 0 Å². The Bertz CT molecular complexity index is 823. The fourth-order valence-electron chi connectivity index (χ4n) is 2.21. The van der Waals surface area contributed by atoms with Gasteiger partial charge in [-0.15, -0.1) is 0 Å². The number of rotatable bonds is 2. The van der Waals surface area contributed by atoms with Gasteiger partial charge >= 0.3 is 0 Å². The van der Waals surface area contributed by atoms with Gasteiger partial charge < -0.3 is 10.2 Å². The predicted molar refractivity (Wildman–Crippen MR) is 79.3 cm³/mol. The standard InChI is InChI=1S/C17H12N2O/c18-10-14(12-6-2-1-3-7-12)17(19)15-11-20-16-9-5-4-8-13(15)16/h1-9,11H,19H2/b17-14-. The van der Waals surface area contributed by atoms with E-state index in [0.29, 0.717) is 11.3 Å². The summed E-state index contributed by atoms with van der Waals surface area (Å²) in [4.78, 5) is 0. The molecule has 0 aliphatic heterocycles. The number of nitrogens with zero attached hydrogens (tertiary/aromatic N) is 1. The summed E-state index contributed by atoms with van der Waals surface area (Å²) in [6, 6.07) is 19.2. The lowest BCUT2D eigenvalue weighted by Crippen LogP contribution is -1.99. The molecule has 0 saturated heterocycles. The number of benzene rings is 2. The number of nitriles is 1. The molecule has 0 atom stereocenters. The third-order valence-corrected chi connectivity index (χ3v) is 3.21. The van der Waals surface area contributed by atoms with E-state index in [4.69, 9.17) is 10.2 Å². The van der Waals surface area contributed by atoms with Gasteiger partial charge in [-0.3, -0.25) is 0 Å². The highest BCUT2D eigenvalue weighted by Gasteiger charge is 2.13. The van der Waals surface area contributed by atoms with Crippen LogP contribution in [-0.4, -0.2) is 0 Å². The number of allylic oxidation sites excluding steroid dienone is 1. The number of nitrogens with two attached hydrogens (primary N) is 1. The average Bonchev–Trinajstić information content (AvgIpc) is 2.93. The third-order valence-electron chi connectivity index (χ3n) is 3.21. The van der Waals surface area contributed by atoms with Crippen LogP contribution in [0.2, 0.25) is 0 Å². The Morgan fingerprint density at radius 2 is 1.70 bits per heavy atom. The molecule has 20 heavy (non-hydrogen) atoms. The van der Waals surface area contributed by atoms with Crippen LogP contribution in [0.1, 0.15) is 11.1 Å². The van der Waals surface area contributed by atoms with Gasteiger partial charge in [0.1, 0.15) is 17.9 Å². The number of hydrogen-bond donors (Lipinski definition) is 1. The minimum Gasteiger partial charge on any atom is -0.464 e. The van der Waals surface area contributed by atoms with E-state index in [9.17, 15) is 5.26 Å². The number of furan rings is 1. The highest BCUT2D eigenvalue weighted by Crippen LogP contribution is 2.29. The Balaban J connectivity index is 2.22. The summed E-state index contributed by atoms with van der Waals surface area (Å²) in [7, 11) is 0. The van der Waals surface area contributed by atoms with E-state index in [0.717, 1.165) is 22.1 Å². The smallest absolute Gasteiger partial charge is 0.134 e. The minimum absolute atomic E-state index is 0.434. The molecule has 96 valence electrons. The molecule has 2 N–H and O–H groups in total. The fourth-order valence-corrected chi connectivity index (χ4v) is 2.21. The highest BCUT2D eigenvalue weighted by molar-refractivity contribution is 6.02. The van der Waals surface area contributed by atoms with Crippen LogP contribution in [0.5, 0.6) is 0 Å². The quantitative estimate of drug-likeness (QED) is 0.713. The largest absolute Gasteiger partial charge is 0.464 e. The first-order valence-electron chi connectivity index (χ1n) is 6.23. The highest BCUT2D eigenvalue weighted by atomic mass is 16.3. The maximum Gasteiger partial charge on any atom is 0.134 e. The number of fused-ring (bicyclic) bond motifs is 1. The molecule has 0 radical (unpaired) electrons. The molecular weight excluding hydrogens is 248 g/mol. The van der Waals surface area contributed by atoms with Crippen molar-refractivity contribution in [1.82, 2.24) is 0 Å². The molecule has 0 aliphatic carbocycles. The van der Waals surface area contributed by atoms with E-state index >= 15 is 0 Å². The molecule has 0 bridgehead atoms. The predicted octanol–water partition coefficient (Wildman–Crippen LogP) is 3.78. The van der Waals surface area contributed by atoms with Gasteiger partial charge in [-0.1, -0.05) is 48.5 Å². The van der Waals surface area contributed by atoms with Gasteiger partial charge in [0.15, 0.2) is 0 Å². The Kier molecular flexibility index (Phi) is 2.98. The van der Waals surface area contributed by atoms with Crippen LogP contribution >= 0.6 is 0 Å². The molecule has 0 aliphatic rings. The van der Waals surface area contributed by atoms with E-state index in [1.54, 1.807) is 6.26 Å². The Morgan fingerprint density at radius 3 is 2.45 bits per heavy atom. The Morgan fingerprint density at radius 1 is 1.00 bits per heavy atom. The van der Waals surface area contributed by atoms with Crippen molar-refractivity contribution < 1.29 is 4.42 Å². The first kappa shape index (κ1) is 12.1. The maximum absolute atomic E-state index is 9.40. The number of hydrogen-bond acceptors (Lipinski definition) is 3. The van der Waals surface area contributed by atoms with Crippen molar-refractivity contribution in [1.29, 1.82) is 5.26 Å². The first-order valence-corrected chi connectivity index (χ1v) is 6.23. The molecule has 0 unspecified atom stereocenters. The van der Waals surface area contributed by atoms with E-state index < -0.39 is 0 Å². The van der Waals surface area contributed by atoms with Crippen molar-refractivity contribution in [2.24, 2.45) is 5.73 Å². The van der Waals surface area contributed by atoms with Crippen molar-refractivity contribution in [3.8, 4) is 6.07 Å². The molecule has 0 fully saturated rings. The lowest BCUT2D eigenvalue weighted by Gasteiger charge is -2.04. The zero-order chi connectivity index (χ0) is 13.9. The molecule has 3 rings (SSSR count). The van der Waals surface area contributed by atoms with Crippen molar-refractivity contribution in [2.45, 2.75) is 0 Å². The summed E-state index contributed by atoms with van der Waals surface area (Å²) in [5.41, 5.74) is 9.39. The van der Waals surface area contributed by atoms with Crippen LogP contribution in [0.15, 0.2) is 65.3 Å². The Labute approximate surface area is 116 Å². The van der Waals surface area contributed by atoms with Crippen molar-refractivity contribution >= 4 is 22.2 Å². The zero-order valence-electron chi connectivity index (χ0n) is 10.7. The molecule has 1 heterocycles. The summed E-state index contributed by atoms with van der Waals surface area (Å²) >= 11 is 0. The second kappa shape index (κ2) is 4.94. The second-order valence-electron chi connectivity index (χ2n) is 4.41. The van der Waals surface area contributed by atoms with Crippen LogP contribution in [0, 0.1) is 11.3 Å². The van der Waals surface area contributed by atoms with Gasteiger partial charge in [0.2, 0.25) is 0 Å². The maximum atomic E-state index is 9.40. The van der Waals surface area contributed by atoms with Crippen LogP contribution in [0.25, 0.3) is 22.2 Å². The Hall–Kier alpha value is -2.99. The summed E-state index contributed by atoms with van der Waals surface area (Å²) in [6.45, 7) is 0. The molecular formula is C17H12N2O. The fraction of sp³-hybridized carbons (Fsp3) is 0. The van der Waals surface area contributed by atoms with Crippen LogP contribution in [0.3, 0.4) is 0 Å². The normalized spacial score (nSPS) is 11.9. The molecule has 0 amide bonds. The molecule has 3 heteroatoms. The van der Waals surface area contributed by atoms with E-state index in [1.807, 2.05) is 54.6 Å². The van der Waals surface area contributed by atoms with E-state index in [2.05, 4.69) is 6.07 Å². The molecule has 3 aromatic rings. The van der Waals surface area contributed by atoms with Gasteiger partial charge in [0.25, 0.3) is 0 Å². The second-order valence-corrected chi connectivity index (χ2v) is 4.41. The topological polar surface area (TPSA) is 63.0 Å². The molecule has 0 saturated carbocycles. The summed E-state index contributed by atoms with van der Waals surface area (Å²) < 4.78 is 5.48. The summed E-state index contributed by atoms with van der Waals surface area (Å²) in [5, 5.41) is 10.3. The van der Waals surface area contributed by atoms with E-state index in [1.165, 1.54) is 0 Å². The summed E-state index contributed by atoms with van der Waals surface area (Å²) in [6.07, 6.45) is 1.60. The molecule has 0 spiro atoms. The van der Waals surface area contributed by atoms with Crippen LogP contribution in [-0.2, 0) is 0 Å². The lowest BCUT2D eigenvalue weighted by molar-refractivity contribution is 0.614. The lowest BCUT2D eigenvalue weighted by atomic mass is 10.0. The summed E-state index contributed by atoms with van der Waals surface area (Å²) in [5.74, 6) is 0. The van der Waals surface area contributed by atoms with Crippen LogP contribution < -0.4 is 5.73 Å². The van der Waals surface area contributed by atoms with Gasteiger partial charge in [0.05, 0.1) is 11.3 Å². The third kappa shape index (κ3) is 1.94.